The van der Waals surface area contributed by atoms with Crippen LogP contribution in [0.2, 0.25) is 0 Å². The molecule has 0 aliphatic carbocycles. The van der Waals surface area contributed by atoms with Gasteiger partial charge in [0.2, 0.25) is 0 Å². The van der Waals surface area contributed by atoms with Crippen molar-refractivity contribution in [3.8, 4) is 0 Å². The van der Waals surface area contributed by atoms with E-state index in [-0.39, 0.29) is 0 Å². The van der Waals surface area contributed by atoms with Gasteiger partial charge in [0.15, 0.2) is 17.2 Å². The van der Waals surface area contributed by atoms with Gasteiger partial charge in [-0.1, -0.05) is 19.1 Å². The Morgan fingerprint density at radius 3 is 3.04 bits per heavy atom. The second-order valence-corrected chi connectivity index (χ2v) is 7.17. The van der Waals surface area contributed by atoms with E-state index in [2.05, 4.69) is 37.0 Å². The number of aromatic amines is 1. The summed E-state index contributed by atoms with van der Waals surface area (Å²) in [6, 6.07) is 8.19. The van der Waals surface area contributed by atoms with E-state index in [1.807, 2.05) is 19.1 Å². The van der Waals surface area contributed by atoms with Crippen LogP contribution in [0.4, 0.5) is 5.82 Å². The summed E-state index contributed by atoms with van der Waals surface area (Å²) < 4.78 is 5.70. The molecular formula is C20H22N6O. The molecule has 1 atom stereocenters. The summed E-state index contributed by atoms with van der Waals surface area (Å²) in [5.74, 6) is 3.19. The van der Waals surface area contributed by atoms with Gasteiger partial charge in [0, 0.05) is 25.9 Å². The van der Waals surface area contributed by atoms with Crippen molar-refractivity contribution in [1.29, 1.82) is 0 Å². The minimum atomic E-state index is 0.530. The molecule has 7 nitrogen and oxygen atoms in total. The number of H-pyrrole nitrogens is 1. The SMILES string of the molecule is CCc1nc2c(N3CCCC(Cc4nc5ccccc5[nH]4)C3)ncnc2o1. The van der Waals surface area contributed by atoms with Crippen LogP contribution in [0.1, 0.15) is 31.5 Å². The number of aryl methyl sites for hydroxylation is 1. The molecule has 1 N–H and O–H groups in total. The molecular weight excluding hydrogens is 340 g/mol. The van der Waals surface area contributed by atoms with Crippen LogP contribution in [-0.2, 0) is 12.8 Å². The smallest absolute Gasteiger partial charge is 0.252 e. The Balaban J connectivity index is 1.38. The third kappa shape index (κ3) is 3.03. The van der Waals surface area contributed by atoms with E-state index in [0.717, 1.165) is 60.5 Å². The number of hydrogen-bond donors (Lipinski definition) is 1. The molecule has 4 heterocycles. The molecule has 1 aliphatic heterocycles. The van der Waals surface area contributed by atoms with Gasteiger partial charge in [0.1, 0.15) is 12.2 Å². The van der Waals surface area contributed by atoms with E-state index in [0.29, 0.717) is 17.5 Å². The summed E-state index contributed by atoms with van der Waals surface area (Å²) in [5, 5.41) is 0. The van der Waals surface area contributed by atoms with Gasteiger partial charge in [0.05, 0.1) is 11.0 Å². The number of nitrogens with one attached hydrogen (secondary N) is 1. The second kappa shape index (κ2) is 6.64. The monoisotopic (exact) mass is 362 g/mol. The summed E-state index contributed by atoms with van der Waals surface area (Å²) in [6.07, 6.45) is 5.60. The quantitative estimate of drug-likeness (QED) is 0.598. The average Bonchev–Trinajstić information content (AvgIpc) is 3.30. The van der Waals surface area contributed by atoms with Gasteiger partial charge in [-0.3, -0.25) is 0 Å². The lowest BCUT2D eigenvalue weighted by molar-refractivity contribution is 0.406. The molecule has 4 aromatic rings. The molecule has 0 bridgehead atoms. The zero-order valence-electron chi connectivity index (χ0n) is 15.4. The molecule has 1 saturated heterocycles. The zero-order chi connectivity index (χ0) is 18.2. The minimum absolute atomic E-state index is 0.530. The molecule has 0 saturated carbocycles. The van der Waals surface area contributed by atoms with Crippen LogP contribution in [0.15, 0.2) is 35.0 Å². The topological polar surface area (TPSA) is 83.7 Å². The lowest BCUT2D eigenvalue weighted by atomic mass is 9.94. The number of para-hydroxylation sites is 2. The van der Waals surface area contributed by atoms with E-state index in [4.69, 9.17) is 9.40 Å². The molecule has 0 radical (unpaired) electrons. The van der Waals surface area contributed by atoms with Crippen LogP contribution in [0.5, 0.6) is 0 Å². The number of nitrogens with zero attached hydrogens (tertiary/aromatic N) is 5. The van der Waals surface area contributed by atoms with Crippen LogP contribution < -0.4 is 4.90 Å². The Labute approximate surface area is 156 Å². The van der Waals surface area contributed by atoms with E-state index >= 15 is 0 Å². The zero-order valence-corrected chi connectivity index (χ0v) is 15.4. The minimum Gasteiger partial charge on any atom is -0.422 e. The van der Waals surface area contributed by atoms with E-state index in [9.17, 15) is 0 Å². The highest BCUT2D eigenvalue weighted by molar-refractivity contribution is 5.81. The summed E-state index contributed by atoms with van der Waals surface area (Å²) in [5.41, 5.74) is 3.50. The molecule has 1 aromatic carbocycles. The van der Waals surface area contributed by atoms with E-state index in [1.54, 1.807) is 6.33 Å². The lowest BCUT2D eigenvalue weighted by Crippen LogP contribution is -2.37. The van der Waals surface area contributed by atoms with Gasteiger partial charge in [-0.2, -0.15) is 4.98 Å². The predicted molar refractivity (Wildman–Crippen MR) is 104 cm³/mol. The maximum absolute atomic E-state index is 5.70. The van der Waals surface area contributed by atoms with E-state index in [1.165, 1.54) is 6.42 Å². The fourth-order valence-electron chi connectivity index (χ4n) is 3.97. The molecule has 1 aliphatic rings. The number of aromatic nitrogens is 5. The first-order chi connectivity index (χ1) is 13.3. The maximum atomic E-state index is 5.70. The standard InChI is InChI=1S/C20H22N6O/c1-2-17-25-18-19(21-12-22-20(18)27-17)26-9-5-6-13(11-26)10-16-23-14-7-3-4-8-15(14)24-16/h3-4,7-8,12-13H,2,5-6,9-11H2,1H3,(H,23,24). The Bertz CT molecular complexity index is 1050. The Morgan fingerprint density at radius 1 is 1.22 bits per heavy atom. The van der Waals surface area contributed by atoms with Crippen LogP contribution in [0, 0.1) is 5.92 Å². The second-order valence-electron chi connectivity index (χ2n) is 7.17. The Hall–Kier alpha value is -2.96. The van der Waals surface area contributed by atoms with Crippen LogP contribution in [0.25, 0.3) is 22.3 Å². The molecule has 7 heteroatoms. The first-order valence-corrected chi connectivity index (χ1v) is 9.59. The average molecular weight is 362 g/mol. The van der Waals surface area contributed by atoms with Crippen molar-refractivity contribution in [2.45, 2.75) is 32.6 Å². The fraction of sp³-hybridized carbons (Fsp3) is 0.400. The summed E-state index contributed by atoms with van der Waals surface area (Å²) in [4.78, 5) is 23.9. The molecule has 0 spiro atoms. The van der Waals surface area contributed by atoms with Gasteiger partial charge in [-0.05, 0) is 30.9 Å². The van der Waals surface area contributed by atoms with Gasteiger partial charge in [-0.15, -0.1) is 0 Å². The third-order valence-corrected chi connectivity index (χ3v) is 5.26. The first-order valence-electron chi connectivity index (χ1n) is 9.59. The highest BCUT2D eigenvalue weighted by Gasteiger charge is 2.25. The largest absolute Gasteiger partial charge is 0.422 e. The first kappa shape index (κ1) is 16.2. The number of fused-ring (bicyclic) bond motifs is 2. The van der Waals surface area contributed by atoms with Gasteiger partial charge in [0.25, 0.3) is 5.71 Å². The van der Waals surface area contributed by atoms with Crippen molar-refractivity contribution in [2.24, 2.45) is 5.92 Å². The number of imidazole rings is 1. The fourth-order valence-corrected chi connectivity index (χ4v) is 3.97. The third-order valence-electron chi connectivity index (χ3n) is 5.26. The Kier molecular flexibility index (Phi) is 3.99. The number of oxazole rings is 1. The lowest BCUT2D eigenvalue weighted by Gasteiger charge is -2.33. The van der Waals surface area contributed by atoms with Crippen molar-refractivity contribution >= 4 is 28.1 Å². The number of hydrogen-bond acceptors (Lipinski definition) is 6. The van der Waals surface area contributed by atoms with E-state index < -0.39 is 0 Å². The van der Waals surface area contributed by atoms with Gasteiger partial charge < -0.3 is 14.3 Å². The van der Waals surface area contributed by atoms with Gasteiger partial charge >= 0.3 is 0 Å². The predicted octanol–water partition coefficient (Wildman–Crippen LogP) is 3.52. The van der Waals surface area contributed by atoms with Crippen LogP contribution in [0.3, 0.4) is 0 Å². The maximum Gasteiger partial charge on any atom is 0.252 e. The van der Waals surface area contributed by atoms with Crippen molar-refractivity contribution in [3.63, 3.8) is 0 Å². The van der Waals surface area contributed by atoms with Gasteiger partial charge in [-0.25, -0.2) is 15.0 Å². The summed E-state index contributed by atoms with van der Waals surface area (Å²) >= 11 is 0. The molecule has 1 unspecified atom stereocenters. The van der Waals surface area contributed by atoms with Crippen molar-refractivity contribution in [2.75, 3.05) is 18.0 Å². The molecule has 0 amide bonds. The highest BCUT2D eigenvalue weighted by Crippen LogP contribution is 2.29. The normalized spacial score (nSPS) is 17.8. The molecule has 27 heavy (non-hydrogen) atoms. The molecule has 138 valence electrons. The number of rotatable bonds is 4. The number of benzene rings is 1. The Morgan fingerprint density at radius 2 is 2.15 bits per heavy atom. The van der Waals surface area contributed by atoms with Crippen LogP contribution in [-0.4, -0.2) is 38.0 Å². The van der Waals surface area contributed by atoms with Crippen molar-refractivity contribution in [1.82, 2.24) is 24.9 Å². The molecule has 5 rings (SSSR count). The van der Waals surface area contributed by atoms with Crippen molar-refractivity contribution in [3.05, 3.63) is 42.3 Å². The summed E-state index contributed by atoms with van der Waals surface area (Å²) in [6.45, 7) is 3.95. The van der Waals surface area contributed by atoms with Crippen LogP contribution >= 0.6 is 0 Å². The number of piperidine rings is 1. The molecule has 1 fully saturated rings. The molecule has 3 aromatic heterocycles. The van der Waals surface area contributed by atoms with Crippen molar-refractivity contribution < 1.29 is 4.42 Å². The summed E-state index contributed by atoms with van der Waals surface area (Å²) in [7, 11) is 0. The highest BCUT2D eigenvalue weighted by atomic mass is 16.4. The number of anilines is 1.